The van der Waals surface area contributed by atoms with Crippen molar-refractivity contribution in [3.05, 3.63) is 55.4 Å². The third kappa shape index (κ3) is 4.30. The van der Waals surface area contributed by atoms with Gasteiger partial charge in [-0.05, 0) is 37.1 Å². The number of carbonyl (C=O) groups excluding carboxylic acids is 2. The molecule has 0 atom stereocenters. The van der Waals surface area contributed by atoms with Crippen LogP contribution in [0.2, 0.25) is 5.02 Å². The van der Waals surface area contributed by atoms with Crippen molar-refractivity contribution >= 4 is 45.5 Å². The van der Waals surface area contributed by atoms with Crippen molar-refractivity contribution in [3.8, 4) is 0 Å². The molecule has 0 bridgehead atoms. The molecule has 2 rings (SSSR count). The number of rotatable bonds is 5. The van der Waals surface area contributed by atoms with Gasteiger partial charge in [-0.1, -0.05) is 29.0 Å². The number of ether oxygens (including phenoxy) is 1. The second-order valence-corrected chi connectivity index (χ2v) is 6.43. The summed E-state index contributed by atoms with van der Waals surface area (Å²) < 4.78 is 4.85. The molecule has 0 spiro atoms. The normalized spacial score (nSPS) is 10.3. The van der Waals surface area contributed by atoms with Crippen LogP contribution in [0.25, 0.3) is 0 Å². The highest BCUT2D eigenvalue weighted by atomic mass is 35.5. The number of thiophene rings is 1. The monoisotopic (exact) mass is 368 g/mol. The number of carbonyl (C=O) groups is 2. The molecular formula is C15H13ClN2O5S. The van der Waals surface area contributed by atoms with Gasteiger partial charge in [0.05, 0.1) is 15.6 Å². The molecular weight excluding hydrogens is 356 g/mol. The molecule has 0 aliphatic carbocycles. The van der Waals surface area contributed by atoms with Crippen molar-refractivity contribution in [1.82, 2.24) is 0 Å². The molecule has 0 saturated heterocycles. The smallest absolute Gasteiger partial charge is 0.349 e. The second-order valence-electron chi connectivity index (χ2n) is 4.96. The lowest BCUT2D eigenvalue weighted by molar-refractivity contribution is -0.380. The van der Waals surface area contributed by atoms with Crippen LogP contribution in [-0.4, -0.2) is 23.4 Å². The van der Waals surface area contributed by atoms with Gasteiger partial charge in [-0.2, -0.15) is 0 Å². The molecule has 0 aliphatic heterocycles. The zero-order valence-electron chi connectivity index (χ0n) is 12.8. The van der Waals surface area contributed by atoms with E-state index in [1.165, 1.54) is 12.1 Å². The first-order chi connectivity index (χ1) is 11.3. The minimum atomic E-state index is -0.796. The Balaban J connectivity index is 1.95. The lowest BCUT2D eigenvalue weighted by atomic mass is 10.1. The fourth-order valence-electron chi connectivity index (χ4n) is 1.99. The maximum absolute atomic E-state index is 11.9. The summed E-state index contributed by atoms with van der Waals surface area (Å²) in [6, 6.07) is 6.06. The zero-order valence-corrected chi connectivity index (χ0v) is 14.4. The van der Waals surface area contributed by atoms with Gasteiger partial charge < -0.3 is 10.1 Å². The van der Waals surface area contributed by atoms with Gasteiger partial charge in [0.1, 0.15) is 4.88 Å². The molecule has 1 aromatic carbocycles. The molecule has 2 aromatic rings. The van der Waals surface area contributed by atoms with E-state index in [4.69, 9.17) is 16.3 Å². The number of benzene rings is 1. The van der Waals surface area contributed by atoms with Gasteiger partial charge in [0.25, 0.3) is 5.91 Å². The minimum absolute atomic E-state index is 0.0547. The van der Waals surface area contributed by atoms with E-state index in [0.29, 0.717) is 22.0 Å². The van der Waals surface area contributed by atoms with Crippen molar-refractivity contribution in [3.63, 3.8) is 0 Å². The Morgan fingerprint density at radius 3 is 2.62 bits per heavy atom. The molecule has 24 heavy (non-hydrogen) atoms. The van der Waals surface area contributed by atoms with E-state index in [-0.39, 0.29) is 9.88 Å². The van der Waals surface area contributed by atoms with Crippen LogP contribution in [0.3, 0.4) is 0 Å². The Morgan fingerprint density at radius 1 is 1.33 bits per heavy atom. The fourth-order valence-corrected chi connectivity index (χ4v) is 3.07. The fraction of sp³-hybridized carbons (Fsp3) is 0.200. The maximum Gasteiger partial charge on any atom is 0.349 e. The van der Waals surface area contributed by atoms with Crippen molar-refractivity contribution in [2.75, 3.05) is 11.9 Å². The summed E-state index contributed by atoms with van der Waals surface area (Å²) >= 11 is 6.77. The van der Waals surface area contributed by atoms with Crippen LogP contribution in [0.15, 0.2) is 24.3 Å². The first kappa shape index (κ1) is 17.9. The number of esters is 1. The standard InChI is InChI=1S/C15H13ClN2O5S/c1-8-5-9(2)14(10(16)6-8)17-12(19)7-23-15(20)11-3-4-13(24-11)18(21)22/h3-6H,7H2,1-2H3,(H,17,19). The van der Waals surface area contributed by atoms with Crippen LogP contribution in [0.1, 0.15) is 20.8 Å². The highest BCUT2D eigenvalue weighted by Crippen LogP contribution is 2.27. The molecule has 0 aliphatic rings. The van der Waals surface area contributed by atoms with E-state index in [1.54, 1.807) is 13.0 Å². The first-order valence-electron chi connectivity index (χ1n) is 6.76. The number of nitrogens with zero attached hydrogens (tertiary/aromatic N) is 1. The number of nitrogens with one attached hydrogen (secondary N) is 1. The third-order valence-electron chi connectivity index (χ3n) is 3.00. The molecule has 1 heterocycles. The zero-order chi connectivity index (χ0) is 17.9. The number of halogens is 1. The number of aryl methyl sites for hydroxylation is 2. The molecule has 1 aromatic heterocycles. The molecule has 1 N–H and O–H groups in total. The highest BCUT2D eigenvalue weighted by Gasteiger charge is 2.18. The molecule has 1 amide bonds. The first-order valence-corrected chi connectivity index (χ1v) is 7.95. The minimum Gasteiger partial charge on any atom is -0.451 e. The summed E-state index contributed by atoms with van der Waals surface area (Å²) in [7, 11) is 0. The predicted molar refractivity (Wildman–Crippen MR) is 90.8 cm³/mol. The van der Waals surface area contributed by atoms with Crippen molar-refractivity contribution in [1.29, 1.82) is 0 Å². The van der Waals surface area contributed by atoms with E-state index < -0.39 is 23.4 Å². The van der Waals surface area contributed by atoms with E-state index in [0.717, 1.165) is 11.1 Å². The number of hydrogen-bond acceptors (Lipinski definition) is 6. The predicted octanol–water partition coefficient (Wildman–Crippen LogP) is 3.72. The lowest BCUT2D eigenvalue weighted by Gasteiger charge is -2.11. The Bertz CT molecular complexity index is 795. The van der Waals surface area contributed by atoms with Crippen molar-refractivity contribution in [2.24, 2.45) is 0 Å². The largest absolute Gasteiger partial charge is 0.451 e. The summed E-state index contributed by atoms with van der Waals surface area (Å²) in [5.74, 6) is -1.35. The van der Waals surface area contributed by atoms with Crippen LogP contribution >= 0.6 is 22.9 Å². The third-order valence-corrected chi connectivity index (χ3v) is 4.32. The van der Waals surface area contributed by atoms with Gasteiger partial charge in [0.15, 0.2) is 6.61 Å². The Labute approximate surface area is 146 Å². The van der Waals surface area contributed by atoms with Crippen molar-refractivity contribution in [2.45, 2.75) is 13.8 Å². The summed E-state index contributed by atoms with van der Waals surface area (Å²) in [4.78, 5) is 33.7. The van der Waals surface area contributed by atoms with Crippen LogP contribution in [-0.2, 0) is 9.53 Å². The summed E-state index contributed by atoms with van der Waals surface area (Å²) in [6.45, 7) is 3.16. The van der Waals surface area contributed by atoms with Crippen LogP contribution in [0.5, 0.6) is 0 Å². The molecule has 0 radical (unpaired) electrons. The number of anilines is 1. The summed E-state index contributed by atoms with van der Waals surface area (Å²) in [6.07, 6.45) is 0. The summed E-state index contributed by atoms with van der Waals surface area (Å²) in [5.41, 5.74) is 2.20. The Morgan fingerprint density at radius 2 is 2.04 bits per heavy atom. The van der Waals surface area contributed by atoms with Crippen LogP contribution in [0.4, 0.5) is 10.7 Å². The average molecular weight is 369 g/mol. The second kappa shape index (κ2) is 7.41. The Kier molecular flexibility index (Phi) is 5.53. The van der Waals surface area contributed by atoms with E-state index in [1.807, 2.05) is 13.0 Å². The number of nitro groups is 1. The van der Waals surface area contributed by atoms with Gasteiger partial charge in [0.2, 0.25) is 0 Å². The molecule has 126 valence electrons. The number of hydrogen-bond donors (Lipinski definition) is 1. The molecule has 0 saturated carbocycles. The van der Waals surface area contributed by atoms with Crippen molar-refractivity contribution < 1.29 is 19.2 Å². The van der Waals surface area contributed by atoms with Gasteiger partial charge in [0, 0.05) is 6.07 Å². The quantitative estimate of drug-likeness (QED) is 0.492. The van der Waals surface area contributed by atoms with Gasteiger partial charge in [-0.25, -0.2) is 4.79 Å². The highest BCUT2D eigenvalue weighted by molar-refractivity contribution is 7.17. The van der Waals surface area contributed by atoms with Gasteiger partial charge in [-0.15, -0.1) is 0 Å². The SMILES string of the molecule is Cc1cc(C)c(NC(=O)COC(=O)c2ccc([N+](=O)[O-])s2)c(Cl)c1. The molecule has 9 heteroatoms. The summed E-state index contributed by atoms with van der Waals surface area (Å²) in [5, 5.41) is 13.4. The average Bonchev–Trinajstić information content (AvgIpc) is 2.98. The van der Waals surface area contributed by atoms with E-state index in [9.17, 15) is 19.7 Å². The topological polar surface area (TPSA) is 98.5 Å². The Hall–Kier alpha value is -2.45. The molecule has 0 fully saturated rings. The van der Waals surface area contributed by atoms with Gasteiger partial charge in [-0.3, -0.25) is 14.9 Å². The lowest BCUT2D eigenvalue weighted by Crippen LogP contribution is -2.21. The molecule has 0 unspecified atom stereocenters. The van der Waals surface area contributed by atoms with E-state index >= 15 is 0 Å². The molecule has 7 nitrogen and oxygen atoms in total. The van der Waals surface area contributed by atoms with E-state index in [2.05, 4.69) is 5.32 Å². The maximum atomic E-state index is 11.9. The van der Waals surface area contributed by atoms with Gasteiger partial charge >= 0.3 is 11.0 Å². The van der Waals surface area contributed by atoms with Crippen LogP contribution < -0.4 is 5.32 Å². The number of amides is 1. The van der Waals surface area contributed by atoms with Crippen LogP contribution in [0, 0.1) is 24.0 Å².